The molecule has 180 valence electrons. The maximum atomic E-state index is 12.9. The van der Waals surface area contributed by atoms with Crippen LogP contribution in [-0.2, 0) is 24.4 Å². The molecule has 11 heteroatoms. The largest absolute Gasteiger partial charge is 0.444 e. The van der Waals surface area contributed by atoms with Gasteiger partial charge in [0.05, 0.1) is 17.5 Å². The molecule has 1 saturated heterocycles. The lowest BCUT2D eigenvalue weighted by molar-refractivity contribution is -0.142. The summed E-state index contributed by atoms with van der Waals surface area (Å²) in [5, 5.41) is 5.08. The highest BCUT2D eigenvalue weighted by molar-refractivity contribution is 7.89. The van der Waals surface area contributed by atoms with Crippen molar-refractivity contribution in [2.45, 2.75) is 76.0 Å². The number of hydrogen-bond donors (Lipinski definition) is 2. The van der Waals surface area contributed by atoms with E-state index in [0.717, 1.165) is 12.8 Å². The van der Waals surface area contributed by atoms with Gasteiger partial charge in [0.2, 0.25) is 10.0 Å². The van der Waals surface area contributed by atoms with Gasteiger partial charge in [0.25, 0.3) is 0 Å². The normalized spacial score (nSPS) is 19.5. The van der Waals surface area contributed by atoms with Crippen LogP contribution in [0.15, 0.2) is 29.2 Å². The first-order valence-electron chi connectivity index (χ1n) is 10.6. The lowest BCUT2D eigenvalue weighted by Crippen LogP contribution is -2.57. The van der Waals surface area contributed by atoms with E-state index in [9.17, 15) is 18.0 Å². The van der Waals surface area contributed by atoms with Crippen molar-refractivity contribution in [1.29, 1.82) is 0 Å². The van der Waals surface area contributed by atoms with Crippen LogP contribution < -0.4 is 15.4 Å². The number of piperidine rings is 1. The highest BCUT2D eigenvalue weighted by atomic mass is 32.2. The van der Waals surface area contributed by atoms with Crippen LogP contribution in [-0.4, -0.2) is 56.2 Å². The van der Waals surface area contributed by atoms with Crippen molar-refractivity contribution in [1.82, 2.24) is 10.4 Å². The number of carbonyl (C=O) groups excluding carboxylic acids is 2. The number of likely N-dealkylation sites (tertiary alicyclic amines) is 1. The van der Waals surface area contributed by atoms with E-state index in [1.165, 1.54) is 29.2 Å². The van der Waals surface area contributed by atoms with E-state index in [1.807, 2.05) is 0 Å². The molecule has 1 amide bonds. The molecule has 32 heavy (non-hydrogen) atoms. The Morgan fingerprint density at radius 3 is 2.41 bits per heavy atom. The van der Waals surface area contributed by atoms with Crippen molar-refractivity contribution in [3.63, 3.8) is 0 Å². The summed E-state index contributed by atoms with van der Waals surface area (Å²) in [6.07, 6.45) is 2.23. The maximum Gasteiger partial charge on any atom is 0.411 e. The lowest BCUT2D eigenvalue weighted by atomic mass is 9.99. The number of primary sulfonamides is 1. The zero-order chi connectivity index (χ0) is 23.9. The topological polar surface area (TPSA) is 137 Å². The van der Waals surface area contributed by atoms with Crippen LogP contribution in [0.1, 0.15) is 53.4 Å². The van der Waals surface area contributed by atoms with Crippen LogP contribution in [0.2, 0.25) is 0 Å². The summed E-state index contributed by atoms with van der Waals surface area (Å²) in [5.74, 6) is -0.487. The zero-order valence-corrected chi connectivity index (χ0v) is 19.8. The van der Waals surface area contributed by atoms with E-state index in [1.54, 1.807) is 20.8 Å². The summed E-state index contributed by atoms with van der Waals surface area (Å²) in [4.78, 5) is 32.4. The molecule has 1 aliphatic heterocycles. The molecule has 1 aliphatic rings. The van der Waals surface area contributed by atoms with Gasteiger partial charge in [-0.05, 0) is 64.3 Å². The van der Waals surface area contributed by atoms with Gasteiger partial charge in [-0.25, -0.2) is 23.1 Å². The molecule has 1 aromatic carbocycles. The molecule has 0 saturated carbocycles. The van der Waals surface area contributed by atoms with E-state index in [4.69, 9.17) is 19.5 Å². The smallest absolute Gasteiger partial charge is 0.411 e. The average Bonchev–Trinajstić information content (AvgIpc) is 2.69. The molecule has 0 unspecified atom stereocenters. The zero-order valence-electron chi connectivity index (χ0n) is 19.0. The molecular formula is C21H33N3O7S. The Morgan fingerprint density at radius 2 is 1.84 bits per heavy atom. The molecule has 2 rings (SSSR count). The quantitative estimate of drug-likeness (QED) is 0.255. The van der Waals surface area contributed by atoms with Gasteiger partial charge in [0.1, 0.15) is 17.4 Å². The third-order valence-electron chi connectivity index (χ3n) is 4.70. The SMILES string of the molecule is CCCCON[C@@H]1CC[C@@H](C(=O)Oc2ccc(S(N)(=O)=O)cc2)N(C(=O)OC(C)(C)C)C1. The molecule has 0 aliphatic carbocycles. The Bertz CT molecular complexity index is 882. The number of amides is 1. The Morgan fingerprint density at radius 1 is 1.19 bits per heavy atom. The number of nitrogens with two attached hydrogens (primary N) is 1. The first-order valence-corrected chi connectivity index (χ1v) is 12.2. The van der Waals surface area contributed by atoms with Crippen molar-refractivity contribution in [3.05, 3.63) is 24.3 Å². The van der Waals surface area contributed by atoms with Crippen LogP contribution in [0, 0.1) is 0 Å². The minimum Gasteiger partial charge on any atom is -0.444 e. The third kappa shape index (κ3) is 8.05. The number of esters is 1. The van der Waals surface area contributed by atoms with Crippen LogP contribution in [0.3, 0.4) is 0 Å². The molecular weight excluding hydrogens is 438 g/mol. The lowest BCUT2D eigenvalue weighted by Gasteiger charge is -2.38. The number of nitrogens with one attached hydrogen (secondary N) is 1. The Labute approximate surface area is 189 Å². The average molecular weight is 472 g/mol. The van der Waals surface area contributed by atoms with E-state index in [0.29, 0.717) is 19.4 Å². The van der Waals surface area contributed by atoms with Gasteiger partial charge in [-0.3, -0.25) is 4.90 Å². The number of sulfonamides is 1. The van der Waals surface area contributed by atoms with Crippen molar-refractivity contribution in [2.75, 3.05) is 13.2 Å². The number of hydroxylamine groups is 1. The van der Waals surface area contributed by atoms with Crippen molar-refractivity contribution >= 4 is 22.1 Å². The minimum absolute atomic E-state index is 0.0951. The number of rotatable bonds is 8. The van der Waals surface area contributed by atoms with Gasteiger partial charge in [0, 0.05) is 6.54 Å². The van der Waals surface area contributed by atoms with Gasteiger partial charge in [-0.2, -0.15) is 5.48 Å². The van der Waals surface area contributed by atoms with E-state index >= 15 is 0 Å². The number of nitrogens with zero attached hydrogens (tertiary/aromatic N) is 1. The van der Waals surface area contributed by atoms with Crippen molar-refractivity contribution < 1.29 is 32.3 Å². The maximum absolute atomic E-state index is 12.9. The number of hydrogen-bond acceptors (Lipinski definition) is 8. The molecule has 0 radical (unpaired) electrons. The second kappa shape index (κ2) is 11.1. The molecule has 3 N–H and O–H groups in total. The summed E-state index contributed by atoms with van der Waals surface area (Å²) >= 11 is 0. The van der Waals surface area contributed by atoms with E-state index < -0.39 is 33.7 Å². The number of ether oxygens (including phenoxy) is 2. The molecule has 1 heterocycles. The second-order valence-electron chi connectivity index (χ2n) is 8.68. The highest BCUT2D eigenvalue weighted by Crippen LogP contribution is 2.24. The minimum atomic E-state index is -3.85. The molecule has 2 atom stereocenters. The van der Waals surface area contributed by atoms with E-state index in [2.05, 4.69) is 12.4 Å². The summed E-state index contributed by atoms with van der Waals surface area (Å²) in [5.41, 5.74) is 2.23. The Balaban J connectivity index is 2.10. The molecule has 10 nitrogen and oxygen atoms in total. The summed E-state index contributed by atoms with van der Waals surface area (Å²) in [7, 11) is -3.85. The predicted molar refractivity (Wildman–Crippen MR) is 117 cm³/mol. The summed E-state index contributed by atoms with van der Waals surface area (Å²) in [6, 6.07) is 4.17. The highest BCUT2D eigenvalue weighted by Gasteiger charge is 2.39. The molecule has 0 bridgehead atoms. The van der Waals surface area contributed by atoms with Crippen LogP contribution in [0.5, 0.6) is 5.75 Å². The fourth-order valence-corrected chi connectivity index (χ4v) is 3.62. The van der Waals surface area contributed by atoms with Gasteiger partial charge in [0.15, 0.2) is 0 Å². The van der Waals surface area contributed by atoms with E-state index in [-0.39, 0.29) is 23.2 Å². The van der Waals surface area contributed by atoms with Crippen LogP contribution in [0.4, 0.5) is 4.79 Å². The molecule has 1 aromatic rings. The number of unbranched alkanes of at least 4 members (excludes halogenated alkanes) is 1. The third-order valence-corrected chi connectivity index (χ3v) is 5.63. The standard InChI is InChI=1S/C21H33N3O7S/c1-5-6-13-29-23-15-7-12-18(24(14-15)20(26)31-21(2,3)4)19(25)30-16-8-10-17(11-9-16)32(22,27)28/h8-11,15,18,23H,5-7,12-14H2,1-4H3,(H2,22,27,28)/t15-,18+/m1/s1. The summed E-state index contributed by atoms with van der Waals surface area (Å²) < 4.78 is 33.7. The van der Waals surface area contributed by atoms with Gasteiger partial charge in [-0.1, -0.05) is 13.3 Å². The van der Waals surface area contributed by atoms with Crippen molar-refractivity contribution in [2.24, 2.45) is 5.14 Å². The van der Waals surface area contributed by atoms with Gasteiger partial charge < -0.3 is 14.3 Å². The Kier molecular flexibility index (Phi) is 9.02. The second-order valence-corrected chi connectivity index (χ2v) is 10.2. The van der Waals surface area contributed by atoms with Gasteiger partial charge in [-0.15, -0.1) is 0 Å². The van der Waals surface area contributed by atoms with Gasteiger partial charge >= 0.3 is 12.1 Å². The first kappa shape index (κ1) is 26.0. The van der Waals surface area contributed by atoms with Crippen molar-refractivity contribution in [3.8, 4) is 5.75 Å². The van der Waals surface area contributed by atoms with Crippen LogP contribution in [0.25, 0.3) is 0 Å². The Hall–Kier alpha value is -2.21. The fraction of sp³-hybridized carbons (Fsp3) is 0.619. The first-order chi connectivity index (χ1) is 14.9. The van der Waals surface area contributed by atoms with Crippen LogP contribution >= 0.6 is 0 Å². The molecule has 0 aromatic heterocycles. The predicted octanol–water partition coefficient (Wildman–Crippen LogP) is 2.33. The monoisotopic (exact) mass is 471 g/mol. The number of benzene rings is 1. The molecule has 0 spiro atoms. The summed E-state index contributed by atoms with van der Waals surface area (Å²) in [6.45, 7) is 8.08. The molecule has 1 fully saturated rings. The number of carbonyl (C=O) groups is 2. The fourth-order valence-electron chi connectivity index (χ4n) is 3.11.